The molecule has 0 N–H and O–H groups in total. The number of aromatic nitrogens is 2. The summed E-state index contributed by atoms with van der Waals surface area (Å²) in [6, 6.07) is 11.2. The first-order chi connectivity index (χ1) is 11.6. The maximum Gasteiger partial charge on any atom is 0.261 e. The van der Waals surface area contributed by atoms with E-state index in [9.17, 15) is 4.79 Å². The highest BCUT2D eigenvalue weighted by Gasteiger charge is 2.20. The Kier molecular flexibility index (Phi) is 4.57. The van der Waals surface area contributed by atoms with E-state index in [2.05, 4.69) is 9.97 Å². The Hall–Kier alpha value is -2.73. The van der Waals surface area contributed by atoms with Gasteiger partial charge in [0.2, 0.25) is 0 Å². The van der Waals surface area contributed by atoms with Gasteiger partial charge in [-0.3, -0.25) is 14.7 Å². The van der Waals surface area contributed by atoms with E-state index in [4.69, 9.17) is 4.74 Å². The summed E-state index contributed by atoms with van der Waals surface area (Å²) in [4.78, 5) is 24.2. The van der Waals surface area contributed by atoms with Crippen LogP contribution in [0.2, 0.25) is 0 Å². The summed E-state index contributed by atoms with van der Waals surface area (Å²) >= 11 is 1.62. The zero-order chi connectivity index (χ0) is 17.1. The summed E-state index contributed by atoms with van der Waals surface area (Å²) in [5.74, 6) is 0.857. The SMILES string of the molecule is COc1cccnc1N(C)C(=O)c1ccc(-c2cccs2)nc1C. The first kappa shape index (κ1) is 16.1. The van der Waals surface area contributed by atoms with Crippen molar-refractivity contribution in [3.8, 4) is 16.3 Å². The number of hydrogen-bond donors (Lipinski definition) is 0. The molecule has 0 saturated carbocycles. The molecule has 0 aliphatic carbocycles. The molecule has 0 saturated heterocycles. The number of rotatable bonds is 4. The minimum absolute atomic E-state index is 0.172. The molecular weight excluding hydrogens is 322 g/mol. The van der Waals surface area contributed by atoms with Gasteiger partial charge in [-0.1, -0.05) is 6.07 Å². The van der Waals surface area contributed by atoms with Crippen molar-refractivity contribution >= 4 is 23.1 Å². The van der Waals surface area contributed by atoms with Crippen molar-refractivity contribution in [3.05, 3.63) is 59.2 Å². The topological polar surface area (TPSA) is 55.3 Å². The Labute approximate surface area is 144 Å². The molecular formula is C18H17N3O2S. The Bertz CT molecular complexity index is 862. The fourth-order valence-corrected chi connectivity index (χ4v) is 3.11. The van der Waals surface area contributed by atoms with Crippen LogP contribution in [0.25, 0.3) is 10.6 Å². The second kappa shape index (κ2) is 6.80. The number of amides is 1. The van der Waals surface area contributed by atoms with Gasteiger partial charge in [-0.2, -0.15) is 0 Å². The molecule has 0 atom stereocenters. The van der Waals surface area contributed by atoms with E-state index in [-0.39, 0.29) is 5.91 Å². The molecule has 0 aliphatic heterocycles. The number of ether oxygens (including phenoxy) is 1. The summed E-state index contributed by atoms with van der Waals surface area (Å²) in [5.41, 5.74) is 2.11. The van der Waals surface area contributed by atoms with Crippen LogP contribution in [0.5, 0.6) is 5.75 Å². The summed E-state index contributed by atoms with van der Waals surface area (Å²) in [5, 5.41) is 2.01. The standard InChI is InChI=1S/C18H17N3O2S/c1-12-13(8-9-14(20-12)16-7-5-11-24-16)18(22)21(2)17-15(23-3)6-4-10-19-17/h4-11H,1-3H3. The average Bonchev–Trinajstić information content (AvgIpc) is 3.15. The molecule has 24 heavy (non-hydrogen) atoms. The van der Waals surface area contributed by atoms with Gasteiger partial charge in [0.15, 0.2) is 11.6 Å². The van der Waals surface area contributed by atoms with Crippen molar-refractivity contribution in [1.29, 1.82) is 0 Å². The quantitative estimate of drug-likeness (QED) is 0.725. The number of hydrogen-bond acceptors (Lipinski definition) is 5. The fraction of sp³-hybridized carbons (Fsp3) is 0.167. The van der Waals surface area contributed by atoms with Crippen molar-refractivity contribution in [3.63, 3.8) is 0 Å². The van der Waals surface area contributed by atoms with E-state index in [1.54, 1.807) is 43.8 Å². The molecule has 6 heteroatoms. The van der Waals surface area contributed by atoms with Crippen LogP contribution >= 0.6 is 11.3 Å². The predicted octanol–water partition coefficient (Wildman–Crippen LogP) is 3.80. The highest BCUT2D eigenvalue weighted by Crippen LogP contribution is 2.27. The number of carbonyl (C=O) groups is 1. The molecule has 3 heterocycles. The van der Waals surface area contributed by atoms with Crippen LogP contribution in [0.4, 0.5) is 5.82 Å². The second-order valence-corrected chi connectivity index (χ2v) is 6.15. The fourth-order valence-electron chi connectivity index (χ4n) is 2.42. The summed E-state index contributed by atoms with van der Waals surface area (Å²) < 4.78 is 5.28. The third-order valence-corrected chi connectivity index (χ3v) is 4.58. The molecule has 0 aliphatic rings. The molecule has 0 fully saturated rings. The Morgan fingerprint density at radius 3 is 2.71 bits per heavy atom. The van der Waals surface area contributed by atoms with Crippen LogP contribution in [0.15, 0.2) is 48.0 Å². The molecule has 0 aromatic carbocycles. The first-order valence-corrected chi connectivity index (χ1v) is 8.28. The van der Waals surface area contributed by atoms with Gasteiger partial charge < -0.3 is 4.74 Å². The number of nitrogens with zero attached hydrogens (tertiary/aromatic N) is 3. The van der Waals surface area contributed by atoms with Crippen LogP contribution in [-0.2, 0) is 0 Å². The number of carbonyl (C=O) groups excluding carboxylic acids is 1. The third-order valence-electron chi connectivity index (χ3n) is 3.68. The molecule has 0 radical (unpaired) electrons. The summed E-state index contributed by atoms with van der Waals surface area (Å²) in [6.07, 6.45) is 1.63. The Balaban J connectivity index is 1.92. The first-order valence-electron chi connectivity index (χ1n) is 7.40. The Morgan fingerprint density at radius 2 is 2.04 bits per heavy atom. The van der Waals surface area contributed by atoms with Crippen LogP contribution in [0, 0.1) is 6.92 Å². The smallest absolute Gasteiger partial charge is 0.261 e. The van der Waals surface area contributed by atoms with Gasteiger partial charge in [0.25, 0.3) is 5.91 Å². The lowest BCUT2D eigenvalue weighted by atomic mass is 10.1. The zero-order valence-electron chi connectivity index (χ0n) is 13.7. The van der Waals surface area contributed by atoms with E-state index in [1.807, 2.05) is 36.6 Å². The highest BCUT2D eigenvalue weighted by atomic mass is 32.1. The summed E-state index contributed by atoms with van der Waals surface area (Å²) in [6.45, 7) is 1.84. The van der Waals surface area contributed by atoms with Crippen LogP contribution < -0.4 is 9.64 Å². The van der Waals surface area contributed by atoms with Gasteiger partial charge in [-0.15, -0.1) is 11.3 Å². The van der Waals surface area contributed by atoms with Gasteiger partial charge in [0.1, 0.15) is 0 Å². The minimum Gasteiger partial charge on any atom is -0.493 e. The van der Waals surface area contributed by atoms with Crippen molar-refractivity contribution in [1.82, 2.24) is 9.97 Å². The maximum absolute atomic E-state index is 12.8. The van der Waals surface area contributed by atoms with E-state index in [0.29, 0.717) is 22.8 Å². The third kappa shape index (κ3) is 3.00. The molecule has 3 rings (SSSR count). The van der Waals surface area contributed by atoms with E-state index in [1.165, 1.54) is 4.90 Å². The summed E-state index contributed by atoms with van der Waals surface area (Å²) in [7, 11) is 3.24. The van der Waals surface area contributed by atoms with E-state index < -0.39 is 0 Å². The molecule has 3 aromatic heterocycles. The number of anilines is 1. The van der Waals surface area contributed by atoms with Gasteiger partial charge in [0, 0.05) is 13.2 Å². The van der Waals surface area contributed by atoms with Crippen LogP contribution in [0.3, 0.4) is 0 Å². The lowest BCUT2D eigenvalue weighted by Crippen LogP contribution is -2.28. The van der Waals surface area contributed by atoms with Gasteiger partial charge in [-0.25, -0.2) is 4.98 Å². The highest BCUT2D eigenvalue weighted by molar-refractivity contribution is 7.13. The number of pyridine rings is 2. The number of thiophene rings is 1. The molecule has 0 unspecified atom stereocenters. The van der Waals surface area contributed by atoms with Crippen LogP contribution in [-0.4, -0.2) is 30.0 Å². The molecule has 0 bridgehead atoms. The molecule has 5 nitrogen and oxygen atoms in total. The molecule has 0 spiro atoms. The second-order valence-electron chi connectivity index (χ2n) is 5.20. The van der Waals surface area contributed by atoms with E-state index >= 15 is 0 Å². The average molecular weight is 339 g/mol. The van der Waals surface area contributed by atoms with Crippen molar-refractivity contribution < 1.29 is 9.53 Å². The van der Waals surface area contributed by atoms with Crippen molar-refractivity contribution in [2.75, 3.05) is 19.1 Å². The molecule has 1 amide bonds. The predicted molar refractivity (Wildman–Crippen MR) is 95.8 cm³/mol. The minimum atomic E-state index is -0.172. The lowest BCUT2D eigenvalue weighted by Gasteiger charge is -2.19. The van der Waals surface area contributed by atoms with Gasteiger partial charge >= 0.3 is 0 Å². The van der Waals surface area contributed by atoms with Gasteiger partial charge in [-0.05, 0) is 42.6 Å². The van der Waals surface area contributed by atoms with Crippen molar-refractivity contribution in [2.45, 2.75) is 6.92 Å². The lowest BCUT2D eigenvalue weighted by molar-refractivity contribution is 0.0990. The number of aryl methyl sites for hydroxylation is 1. The van der Waals surface area contributed by atoms with Gasteiger partial charge in [0.05, 0.1) is 28.9 Å². The largest absolute Gasteiger partial charge is 0.493 e. The van der Waals surface area contributed by atoms with Crippen molar-refractivity contribution in [2.24, 2.45) is 0 Å². The molecule has 3 aromatic rings. The molecule has 122 valence electrons. The number of methoxy groups -OCH3 is 1. The monoisotopic (exact) mass is 339 g/mol. The Morgan fingerprint density at radius 1 is 1.21 bits per heavy atom. The zero-order valence-corrected chi connectivity index (χ0v) is 14.5. The normalized spacial score (nSPS) is 10.5. The maximum atomic E-state index is 12.8. The van der Waals surface area contributed by atoms with E-state index in [0.717, 1.165) is 10.6 Å². The van der Waals surface area contributed by atoms with Crippen LogP contribution in [0.1, 0.15) is 16.1 Å².